The van der Waals surface area contributed by atoms with Crippen molar-refractivity contribution < 1.29 is 19.0 Å². The molecule has 2 aliphatic heterocycles. The maximum Gasteiger partial charge on any atom is 0.341 e. The lowest BCUT2D eigenvalue weighted by Gasteiger charge is -2.39. The lowest BCUT2D eigenvalue weighted by Crippen LogP contribution is -2.47. The second-order valence-electron chi connectivity index (χ2n) is 9.06. The van der Waals surface area contributed by atoms with E-state index in [0.717, 1.165) is 17.3 Å². The fourth-order valence-corrected chi connectivity index (χ4v) is 4.84. The monoisotopic (exact) mass is 494 g/mol. The number of aliphatic imine (C=N–C) groups is 1. The summed E-state index contributed by atoms with van der Waals surface area (Å²) in [7, 11) is 0. The van der Waals surface area contributed by atoms with Gasteiger partial charge in [0, 0.05) is 38.1 Å². The standard InChI is InChI=1S/C25H27FN6O4/c1-14-13-36-23-20-17(22(33)18(24(34)35)12-32(14)20)10-19(26)21(23)31-8-6-30(7-9-31)16-4-2-15(3-5-16)11-29-25(27)28/h2-5,10,12,14H,6-9,11,13H2,1H3,(H,34,35)(H4,27,28,29)/t14-/m0/s1. The van der Waals surface area contributed by atoms with Gasteiger partial charge in [0.1, 0.15) is 17.9 Å². The SMILES string of the molecule is C[C@H]1COc2c(N3CCN(c4ccc(CN=C(N)N)cc4)CC3)c(F)cc3c(=O)c(C(=O)O)cn1c23. The number of anilines is 2. The summed E-state index contributed by atoms with van der Waals surface area (Å²) in [6, 6.07) is 8.90. The second-order valence-corrected chi connectivity index (χ2v) is 9.06. The van der Waals surface area contributed by atoms with Crippen LogP contribution in [0, 0.1) is 5.82 Å². The minimum atomic E-state index is -1.34. The third-order valence-corrected chi connectivity index (χ3v) is 6.71. The first kappa shape index (κ1) is 23.5. The van der Waals surface area contributed by atoms with Crippen LogP contribution in [0.3, 0.4) is 0 Å². The number of aromatic carboxylic acids is 1. The van der Waals surface area contributed by atoms with E-state index in [1.165, 1.54) is 6.20 Å². The Morgan fingerprint density at radius 2 is 1.83 bits per heavy atom. The zero-order valence-electron chi connectivity index (χ0n) is 19.8. The van der Waals surface area contributed by atoms with Gasteiger partial charge in [0.15, 0.2) is 17.5 Å². The predicted octanol–water partition coefficient (Wildman–Crippen LogP) is 1.89. The van der Waals surface area contributed by atoms with Crippen molar-refractivity contribution in [3.8, 4) is 5.75 Å². The van der Waals surface area contributed by atoms with Crippen LogP contribution < -0.4 is 31.4 Å². The average Bonchev–Trinajstić information content (AvgIpc) is 2.86. The Morgan fingerprint density at radius 1 is 1.17 bits per heavy atom. The molecule has 0 spiro atoms. The largest absolute Gasteiger partial charge is 0.487 e. The quantitative estimate of drug-likeness (QED) is 0.361. The fraction of sp³-hybridized carbons (Fsp3) is 0.320. The molecule has 2 aromatic carbocycles. The summed E-state index contributed by atoms with van der Waals surface area (Å²) < 4.78 is 23.1. The lowest BCUT2D eigenvalue weighted by molar-refractivity contribution is 0.0694. The van der Waals surface area contributed by atoms with Gasteiger partial charge in [-0.2, -0.15) is 0 Å². The molecule has 0 radical (unpaired) electrons. The van der Waals surface area contributed by atoms with Gasteiger partial charge in [-0.25, -0.2) is 14.2 Å². The molecular weight excluding hydrogens is 467 g/mol. The third kappa shape index (κ3) is 4.06. The number of ether oxygens (including phenoxy) is 1. The molecule has 0 unspecified atom stereocenters. The highest BCUT2D eigenvalue weighted by molar-refractivity contribution is 5.97. The Morgan fingerprint density at radius 3 is 2.47 bits per heavy atom. The van der Waals surface area contributed by atoms with Crippen molar-refractivity contribution in [3.63, 3.8) is 0 Å². The topological polar surface area (TPSA) is 139 Å². The van der Waals surface area contributed by atoms with Crippen molar-refractivity contribution in [2.75, 3.05) is 42.6 Å². The molecule has 0 saturated carbocycles. The molecule has 2 aliphatic rings. The Kier molecular flexibility index (Phi) is 5.91. The minimum absolute atomic E-state index is 0.0113. The van der Waals surface area contributed by atoms with Gasteiger partial charge in [-0.15, -0.1) is 0 Å². The molecule has 3 heterocycles. The summed E-state index contributed by atoms with van der Waals surface area (Å²) in [6.45, 7) is 4.92. The molecule has 11 heteroatoms. The summed E-state index contributed by atoms with van der Waals surface area (Å²) in [5, 5.41) is 9.47. The van der Waals surface area contributed by atoms with Gasteiger partial charge >= 0.3 is 5.97 Å². The number of rotatable bonds is 5. The van der Waals surface area contributed by atoms with E-state index in [9.17, 15) is 14.7 Å². The highest BCUT2D eigenvalue weighted by Crippen LogP contribution is 2.42. The number of hydrogen-bond acceptors (Lipinski definition) is 6. The van der Waals surface area contributed by atoms with Crippen molar-refractivity contribution in [3.05, 3.63) is 63.7 Å². The van der Waals surface area contributed by atoms with E-state index in [1.807, 2.05) is 36.1 Å². The summed E-state index contributed by atoms with van der Waals surface area (Å²) in [5.74, 6) is -1.60. The number of hydrogen-bond donors (Lipinski definition) is 3. The van der Waals surface area contributed by atoms with E-state index in [0.29, 0.717) is 43.9 Å². The smallest absolute Gasteiger partial charge is 0.341 e. The number of nitrogens with two attached hydrogens (primary N) is 2. The normalized spacial score (nSPS) is 17.1. The first-order valence-electron chi connectivity index (χ1n) is 11.7. The van der Waals surface area contributed by atoms with Crippen LogP contribution in [-0.4, -0.2) is 54.4 Å². The molecule has 10 nitrogen and oxygen atoms in total. The van der Waals surface area contributed by atoms with Gasteiger partial charge in [0.2, 0.25) is 5.43 Å². The first-order chi connectivity index (χ1) is 17.2. The van der Waals surface area contributed by atoms with Gasteiger partial charge in [0.05, 0.1) is 23.5 Å². The number of piperazine rings is 1. The van der Waals surface area contributed by atoms with Gasteiger partial charge in [0.25, 0.3) is 0 Å². The molecule has 1 aromatic heterocycles. The van der Waals surface area contributed by atoms with E-state index in [4.69, 9.17) is 16.2 Å². The van der Waals surface area contributed by atoms with E-state index in [-0.39, 0.29) is 35.3 Å². The maximum atomic E-state index is 15.5. The van der Waals surface area contributed by atoms with E-state index < -0.39 is 17.2 Å². The van der Waals surface area contributed by atoms with Crippen LogP contribution in [0.15, 0.2) is 46.3 Å². The van der Waals surface area contributed by atoms with Crippen molar-refractivity contribution in [2.24, 2.45) is 16.5 Å². The molecule has 1 fully saturated rings. The number of halogens is 1. The number of benzene rings is 2. The number of carboxylic acids is 1. The van der Waals surface area contributed by atoms with Gasteiger partial charge < -0.3 is 35.7 Å². The van der Waals surface area contributed by atoms with E-state index in [2.05, 4.69) is 9.89 Å². The molecule has 1 atom stereocenters. The Labute approximate surface area is 206 Å². The van der Waals surface area contributed by atoms with Crippen LogP contribution in [0.5, 0.6) is 5.75 Å². The molecule has 5 N–H and O–H groups in total. The summed E-state index contributed by atoms with van der Waals surface area (Å²) in [6.07, 6.45) is 1.33. The molecule has 3 aromatic rings. The van der Waals surface area contributed by atoms with Gasteiger partial charge in [-0.3, -0.25) is 4.79 Å². The maximum absolute atomic E-state index is 15.5. The predicted molar refractivity (Wildman–Crippen MR) is 136 cm³/mol. The minimum Gasteiger partial charge on any atom is -0.487 e. The Hall–Kier alpha value is -4.28. The van der Waals surface area contributed by atoms with Crippen LogP contribution in [0.2, 0.25) is 0 Å². The van der Waals surface area contributed by atoms with Crippen LogP contribution >= 0.6 is 0 Å². The number of nitrogens with zero attached hydrogens (tertiary/aromatic N) is 4. The molecule has 0 bridgehead atoms. The summed E-state index contributed by atoms with van der Waals surface area (Å²) in [5.41, 5.74) is 12.5. The molecule has 188 valence electrons. The Balaban J connectivity index is 1.43. The fourth-order valence-electron chi connectivity index (χ4n) is 4.84. The van der Waals surface area contributed by atoms with Crippen molar-refractivity contribution >= 4 is 34.2 Å². The van der Waals surface area contributed by atoms with Crippen LogP contribution in [0.25, 0.3) is 10.9 Å². The Bertz CT molecular complexity index is 1420. The third-order valence-electron chi connectivity index (χ3n) is 6.71. The van der Waals surface area contributed by atoms with Crippen LogP contribution in [0.1, 0.15) is 28.9 Å². The number of aromatic nitrogens is 1. The molecule has 1 saturated heterocycles. The molecule has 0 amide bonds. The van der Waals surface area contributed by atoms with E-state index >= 15 is 4.39 Å². The summed E-state index contributed by atoms with van der Waals surface area (Å²) in [4.78, 5) is 32.6. The molecule has 5 rings (SSSR count). The van der Waals surface area contributed by atoms with Crippen LogP contribution in [-0.2, 0) is 6.54 Å². The molecule has 36 heavy (non-hydrogen) atoms. The molecule has 0 aliphatic carbocycles. The highest BCUT2D eigenvalue weighted by Gasteiger charge is 2.31. The first-order valence-corrected chi connectivity index (χ1v) is 11.7. The lowest BCUT2D eigenvalue weighted by atomic mass is 10.1. The number of guanidine groups is 1. The van der Waals surface area contributed by atoms with Crippen molar-refractivity contribution in [1.82, 2.24) is 4.57 Å². The zero-order valence-corrected chi connectivity index (χ0v) is 19.8. The average molecular weight is 495 g/mol. The zero-order chi connectivity index (χ0) is 25.6. The summed E-state index contributed by atoms with van der Waals surface area (Å²) >= 11 is 0. The van der Waals surface area contributed by atoms with Crippen molar-refractivity contribution in [1.29, 1.82) is 0 Å². The van der Waals surface area contributed by atoms with Gasteiger partial charge in [-0.05, 0) is 30.7 Å². The highest BCUT2D eigenvalue weighted by atomic mass is 19.1. The molecular formula is C25H27FN6O4. The van der Waals surface area contributed by atoms with Gasteiger partial charge in [-0.1, -0.05) is 12.1 Å². The van der Waals surface area contributed by atoms with Crippen LogP contribution in [0.4, 0.5) is 15.8 Å². The van der Waals surface area contributed by atoms with E-state index in [1.54, 1.807) is 4.57 Å². The second kappa shape index (κ2) is 9.06. The number of pyridine rings is 1. The van der Waals surface area contributed by atoms with Crippen molar-refractivity contribution in [2.45, 2.75) is 19.5 Å². The number of carbonyl (C=O) groups is 1. The number of carboxylic acid groups (broad SMARTS) is 1.